The van der Waals surface area contributed by atoms with E-state index in [0.29, 0.717) is 0 Å². The zero-order valence-corrected chi connectivity index (χ0v) is 49.5. The molecule has 0 fully saturated rings. The molecule has 2 aliphatic rings. The maximum absolute atomic E-state index is 4.96. The van der Waals surface area contributed by atoms with Crippen LogP contribution in [0.5, 0.6) is 0 Å². The van der Waals surface area contributed by atoms with E-state index in [1.807, 2.05) is 0 Å². The molecule has 0 atom stereocenters. The molecule has 0 bridgehead atoms. The molecule has 2 aliphatic carbocycles. The molecule has 12 rings (SSSR count). The van der Waals surface area contributed by atoms with Crippen LogP contribution in [-0.4, -0.2) is 14.8 Å². The average Bonchev–Trinajstić information content (AvgIpc) is 3.52. The molecule has 9 aromatic carbocycles. The van der Waals surface area contributed by atoms with Crippen LogP contribution in [0.3, 0.4) is 0 Å². The van der Waals surface area contributed by atoms with Crippen molar-refractivity contribution in [3.8, 4) is 73.0 Å². The standard InChI is InChI=1S/C78H80N4/c1-8-12-46-77(47-13-9-2)70-51-57(56-26-25-27-60(50-56)75-80-79-74(82(75)64-32-23-18-24-33-64)55-34-39-61(40-35-55)76(5,6)7)36-42-66(70)67-43-37-58(52-71(67)77)59-38-44-68-69-45-41-65(81(62-28-19-16-20-29-62)63-30-21-17-22-31-63)54-73(69)78(48-14-10-3,49-15-11-4)72(68)53-59/h16-45,50-54H,8-15,46-49H2,1-7H3. The Morgan fingerprint density at radius 3 is 1.17 bits per heavy atom. The van der Waals surface area contributed by atoms with Gasteiger partial charge in [0.05, 0.1) is 0 Å². The summed E-state index contributed by atoms with van der Waals surface area (Å²) in [5, 5.41) is 9.86. The van der Waals surface area contributed by atoms with Crippen molar-refractivity contribution in [3.63, 3.8) is 0 Å². The minimum atomic E-state index is -0.107. The van der Waals surface area contributed by atoms with Crippen molar-refractivity contribution in [2.75, 3.05) is 4.90 Å². The normalized spacial score (nSPS) is 13.6. The van der Waals surface area contributed by atoms with Crippen LogP contribution in [0.25, 0.3) is 73.0 Å². The highest BCUT2D eigenvalue weighted by atomic mass is 15.3. The number of fused-ring (bicyclic) bond motifs is 6. The van der Waals surface area contributed by atoms with Crippen molar-refractivity contribution in [2.45, 2.75) is 142 Å². The van der Waals surface area contributed by atoms with E-state index in [-0.39, 0.29) is 16.2 Å². The summed E-state index contributed by atoms with van der Waals surface area (Å²) in [6.45, 7) is 16.2. The summed E-state index contributed by atoms with van der Waals surface area (Å²) in [4.78, 5) is 2.44. The molecule has 4 nitrogen and oxygen atoms in total. The highest BCUT2D eigenvalue weighted by Gasteiger charge is 2.45. The van der Waals surface area contributed by atoms with E-state index in [4.69, 9.17) is 10.2 Å². The van der Waals surface area contributed by atoms with E-state index in [1.165, 1.54) is 128 Å². The molecule has 0 unspecified atom stereocenters. The average molecular weight is 1070 g/mol. The van der Waals surface area contributed by atoms with Crippen LogP contribution in [0.4, 0.5) is 17.1 Å². The topological polar surface area (TPSA) is 34.0 Å². The molecule has 0 N–H and O–H groups in total. The van der Waals surface area contributed by atoms with Crippen LogP contribution in [0.2, 0.25) is 0 Å². The fourth-order valence-corrected chi connectivity index (χ4v) is 13.9. The SMILES string of the molecule is CCCCC1(CCCC)c2cc(-c3cccc(-c4nnc(-c5ccc(C(C)(C)C)cc5)n4-c4ccccc4)c3)ccc2-c2ccc(-c3ccc4c(c3)C(CCCC)(CCCC)c3cc(N(c5ccccc5)c5ccccc5)ccc3-4)cc21. The van der Waals surface area contributed by atoms with Gasteiger partial charge in [0.15, 0.2) is 11.6 Å². The molecule has 0 spiro atoms. The first kappa shape index (κ1) is 54.5. The van der Waals surface area contributed by atoms with Gasteiger partial charge in [-0.3, -0.25) is 4.57 Å². The highest BCUT2D eigenvalue weighted by Crippen LogP contribution is 2.58. The van der Waals surface area contributed by atoms with Gasteiger partial charge < -0.3 is 4.90 Å². The molecule has 0 saturated heterocycles. The number of para-hydroxylation sites is 3. The van der Waals surface area contributed by atoms with E-state index in [9.17, 15) is 0 Å². The first-order valence-corrected chi connectivity index (χ1v) is 30.8. The number of aromatic nitrogens is 3. The van der Waals surface area contributed by atoms with E-state index < -0.39 is 0 Å². The van der Waals surface area contributed by atoms with Gasteiger partial charge in [-0.2, -0.15) is 0 Å². The van der Waals surface area contributed by atoms with Crippen LogP contribution < -0.4 is 4.90 Å². The summed E-state index contributed by atoms with van der Waals surface area (Å²) < 4.78 is 2.22. The van der Waals surface area contributed by atoms with Gasteiger partial charge in [-0.1, -0.05) is 239 Å². The van der Waals surface area contributed by atoms with Gasteiger partial charge in [0.1, 0.15) is 0 Å². The minimum Gasteiger partial charge on any atom is -0.310 e. The molecule has 4 heteroatoms. The molecule has 0 saturated carbocycles. The summed E-state index contributed by atoms with van der Waals surface area (Å²) in [6.07, 6.45) is 13.9. The Kier molecular flexibility index (Phi) is 15.3. The number of hydrogen-bond acceptors (Lipinski definition) is 3. The summed E-state index contributed by atoms with van der Waals surface area (Å²) >= 11 is 0. The number of rotatable bonds is 20. The second-order valence-corrected chi connectivity index (χ2v) is 24.5. The van der Waals surface area contributed by atoms with E-state index >= 15 is 0 Å². The Labute approximate surface area is 489 Å². The molecular weight excluding hydrogens is 993 g/mol. The number of unbranched alkanes of at least 4 members (excludes halogenated alkanes) is 4. The maximum Gasteiger partial charge on any atom is 0.168 e. The minimum absolute atomic E-state index is 0.0570. The zero-order valence-electron chi connectivity index (χ0n) is 49.5. The van der Waals surface area contributed by atoms with Gasteiger partial charge in [-0.15, -0.1) is 10.2 Å². The number of benzene rings is 9. The number of anilines is 3. The largest absolute Gasteiger partial charge is 0.310 e. The predicted molar refractivity (Wildman–Crippen MR) is 347 cm³/mol. The second kappa shape index (κ2) is 23.0. The van der Waals surface area contributed by atoms with E-state index in [0.717, 1.165) is 67.0 Å². The van der Waals surface area contributed by atoms with E-state index in [2.05, 4.69) is 270 Å². The van der Waals surface area contributed by atoms with Crippen molar-refractivity contribution >= 4 is 17.1 Å². The molecule has 0 radical (unpaired) electrons. The lowest BCUT2D eigenvalue weighted by Gasteiger charge is -2.34. The van der Waals surface area contributed by atoms with Gasteiger partial charge in [0, 0.05) is 44.7 Å². The van der Waals surface area contributed by atoms with Crippen LogP contribution in [-0.2, 0) is 16.2 Å². The summed E-state index contributed by atoms with van der Waals surface area (Å²) in [5.41, 5.74) is 24.5. The molecule has 1 heterocycles. The summed E-state index contributed by atoms with van der Waals surface area (Å²) in [6, 6.07) is 80.0. The van der Waals surface area contributed by atoms with Crippen molar-refractivity contribution < 1.29 is 0 Å². The lowest BCUT2D eigenvalue weighted by atomic mass is 9.69. The van der Waals surface area contributed by atoms with Crippen molar-refractivity contribution in [1.82, 2.24) is 14.8 Å². The van der Waals surface area contributed by atoms with Crippen molar-refractivity contribution in [1.29, 1.82) is 0 Å². The molecule has 82 heavy (non-hydrogen) atoms. The quantitative estimate of drug-likeness (QED) is 0.0763. The Bertz CT molecular complexity index is 3790. The van der Waals surface area contributed by atoms with Crippen molar-refractivity contribution in [2.24, 2.45) is 0 Å². The number of nitrogens with zero attached hydrogens (tertiary/aromatic N) is 4. The monoisotopic (exact) mass is 1070 g/mol. The summed E-state index contributed by atoms with van der Waals surface area (Å²) in [7, 11) is 0. The van der Waals surface area contributed by atoms with Gasteiger partial charge in [-0.05, 0) is 176 Å². The third kappa shape index (κ3) is 9.92. The first-order valence-electron chi connectivity index (χ1n) is 30.8. The fraction of sp³-hybridized carbons (Fsp3) is 0.282. The zero-order chi connectivity index (χ0) is 56.4. The molecule has 1 aromatic heterocycles. The molecule has 412 valence electrons. The predicted octanol–water partition coefficient (Wildman–Crippen LogP) is 22.0. The van der Waals surface area contributed by atoms with Gasteiger partial charge >= 0.3 is 0 Å². The van der Waals surface area contributed by atoms with Crippen LogP contribution in [0.15, 0.2) is 212 Å². The Morgan fingerprint density at radius 2 is 0.732 bits per heavy atom. The van der Waals surface area contributed by atoms with Gasteiger partial charge in [0.25, 0.3) is 0 Å². The molecule has 10 aromatic rings. The van der Waals surface area contributed by atoms with Crippen LogP contribution in [0, 0.1) is 0 Å². The summed E-state index contributed by atoms with van der Waals surface area (Å²) in [5.74, 6) is 1.66. The third-order valence-corrected chi connectivity index (χ3v) is 18.3. The molecule has 0 amide bonds. The Morgan fingerprint density at radius 1 is 0.354 bits per heavy atom. The highest BCUT2D eigenvalue weighted by molar-refractivity contribution is 5.90. The van der Waals surface area contributed by atoms with E-state index in [1.54, 1.807) is 0 Å². The first-order chi connectivity index (χ1) is 40.1. The van der Waals surface area contributed by atoms with Gasteiger partial charge in [0.2, 0.25) is 0 Å². The lowest BCUT2D eigenvalue weighted by Crippen LogP contribution is -2.26. The van der Waals surface area contributed by atoms with Crippen LogP contribution >= 0.6 is 0 Å². The maximum atomic E-state index is 4.96. The Balaban J connectivity index is 0.940. The van der Waals surface area contributed by atoms with Gasteiger partial charge in [-0.25, -0.2) is 0 Å². The molecular formula is C78H80N4. The second-order valence-electron chi connectivity index (χ2n) is 24.5. The molecule has 0 aliphatic heterocycles. The Hall–Kier alpha value is -8.08. The number of hydrogen-bond donors (Lipinski definition) is 0. The van der Waals surface area contributed by atoms with Crippen LogP contribution in [0.1, 0.15) is 153 Å². The smallest absolute Gasteiger partial charge is 0.168 e. The van der Waals surface area contributed by atoms with Crippen molar-refractivity contribution in [3.05, 3.63) is 240 Å². The fourth-order valence-electron chi connectivity index (χ4n) is 13.9. The third-order valence-electron chi connectivity index (χ3n) is 18.3. The lowest BCUT2D eigenvalue weighted by molar-refractivity contribution is 0.414.